The summed E-state index contributed by atoms with van der Waals surface area (Å²) in [6.45, 7) is 1.25. The van der Waals surface area contributed by atoms with Gasteiger partial charge in [-0.2, -0.15) is 5.10 Å². The van der Waals surface area contributed by atoms with Crippen LogP contribution in [0, 0.1) is 0 Å². The average molecular weight is 473 g/mol. The Bertz CT molecular complexity index is 1290. The molecule has 0 saturated carbocycles. The number of amides is 1. The maximum Gasteiger partial charge on any atom is 0.271 e. The van der Waals surface area contributed by atoms with Crippen molar-refractivity contribution in [1.82, 2.24) is 20.1 Å². The molecule has 1 unspecified atom stereocenters. The number of hydrogen-bond acceptors (Lipinski definition) is 6. The van der Waals surface area contributed by atoms with E-state index in [1.807, 2.05) is 53.4 Å². The zero-order chi connectivity index (χ0) is 24.2. The quantitative estimate of drug-likeness (QED) is 0.419. The van der Waals surface area contributed by atoms with Crippen LogP contribution in [0.5, 0.6) is 11.5 Å². The molecule has 0 bridgehead atoms. The molecule has 1 saturated heterocycles. The Hall–Kier alpha value is -4.07. The molecule has 8 nitrogen and oxygen atoms in total. The highest BCUT2D eigenvalue weighted by Gasteiger charge is 2.29. The second kappa shape index (κ2) is 10.0. The molecule has 1 N–H and O–H groups in total. The van der Waals surface area contributed by atoms with Gasteiger partial charge in [-0.15, -0.1) is 0 Å². The van der Waals surface area contributed by atoms with E-state index in [-0.39, 0.29) is 11.8 Å². The highest BCUT2D eigenvalue weighted by atomic mass is 16.5. The third kappa shape index (κ3) is 4.91. The smallest absolute Gasteiger partial charge is 0.271 e. The van der Waals surface area contributed by atoms with Crippen molar-refractivity contribution in [3.63, 3.8) is 0 Å². The number of aromatic amines is 1. The SMILES string of the molecule is COc1ccc(Cc2cnc(C3CCCN(C(=O)c4cc(-c5ccccc5OC)n[nH]4)C3)o2)cc1. The van der Waals surface area contributed by atoms with E-state index in [4.69, 9.17) is 13.9 Å². The van der Waals surface area contributed by atoms with Crippen molar-refractivity contribution < 1.29 is 18.7 Å². The Morgan fingerprint density at radius 2 is 1.97 bits per heavy atom. The second-order valence-electron chi connectivity index (χ2n) is 8.65. The lowest BCUT2D eigenvalue weighted by atomic mass is 9.97. The van der Waals surface area contributed by atoms with E-state index < -0.39 is 0 Å². The fourth-order valence-corrected chi connectivity index (χ4v) is 4.50. The third-order valence-electron chi connectivity index (χ3n) is 6.36. The second-order valence-corrected chi connectivity index (χ2v) is 8.65. The number of ether oxygens (including phenoxy) is 2. The molecule has 1 amide bonds. The van der Waals surface area contributed by atoms with Crippen LogP contribution in [-0.4, -0.2) is 53.3 Å². The first-order valence-corrected chi connectivity index (χ1v) is 11.7. The van der Waals surface area contributed by atoms with Crippen LogP contribution in [0.25, 0.3) is 11.3 Å². The number of carbonyl (C=O) groups is 1. The van der Waals surface area contributed by atoms with E-state index in [2.05, 4.69) is 15.2 Å². The minimum atomic E-state index is -0.0756. The van der Waals surface area contributed by atoms with E-state index in [0.29, 0.717) is 42.5 Å². The fourth-order valence-electron chi connectivity index (χ4n) is 4.50. The number of para-hydroxylation sites is 1. The van der Waals surface area contributed by atoms with Crippen LogP contribution in [0.1, 0.15) is 46.5 Å². The summed E-state index contributed by atoms with van der Waals surface area (Å²) >= 11 is 0. The van der Waals surface area contributed by atoms with E-state index in [0.717, 1.165) is 35.5 Å². The number of carbonyl (C=O) groups excluding carboxylic acids is 1. The van der Waals surface area contributed by atoms with Gasteiger partial charge >= 0.3 is 0 Å². The molecule has 0 spiro atoms. The maximum atomic E-state index is 13.2. The Labute approximate surface area is 203 Å². The van der Waals surface area contributed by atoms with Gasteiger partial charge in [-0.05, 0) is 48.7 Å². The summed E-state index contributed by atoms with van der Waals surface area (Å²) in [6.07, 6.45) is 4.27. The number of hydrogen-bond donors (Lipinski definition) is 1. The number of nitrogens with one attached hydrogen (secondary N) is 1. The highest BCUT2D eigenvalue weighted by molar-refractivity contribution is 5.93. The molecule has 1 aliphatic rings. The normalized spacial score (nSPS) is 15.7. The summed E-state index contributed by atoms with van der Waals surface area (Å²) < 4.78 is 16.7. The van der Waals surface area contributed by atoms with Gasteiger partial charge in [-0.25, -0.2) is 4.98 Å². The molecule has 8 heteroatoms. The number of nitrogens with zero attached hydrogens (tertiary/aromatic N) is 3. The van der Waals surface area contributed by atoms with Crippen LogP contribution in [-0.2, 0) is 6.42 Å². The molecule has 2 aromatic carbocycles. The summed E-state index contributed by atoms with van der Waals surface area (Å²) in [7, 11) is 3.28. The predicted octanol–water partition coefficient (Wildman–Crippen LogP) is 4.69. The first kappa shape index (κ1) is 22.7. The van der Waals surface area contributed by atoms with Crippen molar-refractivity contribution in [2.24, 2.45) is 0 Å². The Balaban J connectivity index is 1.25. The lowest BCUT2D eigenvalue weighted by Gasteiger charge is -2.30. The molecule has 180 valence electrons. The van der Waals surface area contributed by atoms with Gasteiger partial charge < -0.3 is 18.8 Å². The molecular weight excluding hydrogens is 444 g/mol. The van der Waals surface area contributed by atoms with E-state index >= 15 is 0 Å². The summed E-state index contributed by atoms with van der Waals surface area (Å²) in [6, 6.07) is 17.3. The Morgan fingerprint density at radius 3 is 2.77 bits per heavy atom. The molecule has 2 aromatic heterocycles. The molecular formula is C27H28N4O4. The van der Waals surface area contributed by atoms with Gasteiger partial charge in [0.05, 0.1) is 32.0 Å². The van der Waals surface area contributed by atoms with Gasteiger partial charge in [-0.1, -0.05) is 24.3 Å². The standard InChI is InChI=1S/C27H28N4O4/c1-33-20-11-9-18(10-12-20)14-21-16-28-26(35-21)19-6-5-13-31(17-19)27(32)24-15-23(29-30-24)22-7-3-4-8-25(22)34-2/h3-4,7-12,15-16,19H,5-6,13-14,17H2,1-2H3,(H,29,30). The van der Waals surface area contributed by atoms with Crippen molar-refractivity contribution in [1.29, 1.82) is 0 Å². The molecule has 1 fully saturated rings. The number of benzene rings is 2. The largest absolute Gasteiger partial charge is 0.497 e. The van der Waals surface area contributed by atoms with Crippen LogP contribution in [0.3, 0.4) is 0 Å². The molecule has 4 aromatic rings. The van der Waals surface area contributed by atoms with E-state index in [9.17, 15) is 4.79 Å². The third-order valence-corrected chi connectivity index (χ3v) is 6.36. The highest BCUT2D eigenvalue weighted by Crippen LogP contribution is 2.30. The number of methoxy groups -OCH3 is 2. The predicted molar refractivity (Wildman–Crippen MR) is 131 cm³/mol. The lowest BCUT2D eigenvalue weighted by molar-refractivity contribution is 0.0692. The summed E-state index contributed by atoms with van der Waals surface area (Å²) in [4.78, 5) is 19.6. The summed E-state index contributed by atoms with van der Waals surface area (Å²) in [5.41, 5.74) is 3.10. The van der Waals surface area contributed by atoms with Gasteiger partial charge in [0.2, 0.25) is 0 Å². The van der Waals surface area contributed by atoms with Crippen LogP contribution < -0.4 is 9.47 Å². The van der Waals surface area contributed by atoms with Crippen molar-refractivity contribution in [3.8, 4) is 22.8 Å². The van der Waals surface area contributed by atoms with Crippen LogP contribution in [0.4, 0.5) is 0 Å². The van der Waals surface area contributed by atoms with Gasteiger partial charge in [0.25, 0.3) is 5.91 Å². The van der Waals surface area contributed by atoms with Gasteiger partial charge in [0.1, 0.15) is 23.0 Å². The van der Waals surface area contributed by atoms with Crippen molar-refractivity contribution in [3.05, 3.63) is 83.7 Å². The van der Waals surface area contributed by atoms with E-state index in [1.54, 1.807) is 26.5 Å². The monoisotopic (exact) mass is 472 g/mol. The Morgan fingerprint density at radius 1 is 1.14 bits per heavy atom. The number of aromatic nitrogens is 3. The summed E-state index contributed by atoms with van der Waals surface area (Å²) in [5, 5.41) is 7.25. The van der Waals surface area contributed by atoms with Gasteiger partial charge in [-0.3, -0.25) is 9.89 Å². The number of likely N-dealkylation sites (tertiary alicyclic amines) is 1. The molecule has 0 radical (unpaired) electrons. The molecule has 3 heterocycles. The van der Waals surface area contributed by atoms with Crippen LogP contribution >= 0.6 is 0 Å². The number of rotatable bonds is 7. The number of piperidine rings is 1. The zero-order valence-electron chi connectivity index (χ0n) is 19.9. The minimum absolute atomic E-state index is 0.0638. The van der Waals surface area contributed by atoms with Crippen molar-refractivity contribution >= 4 is 5.91 Å². The van der Waals surface area contributed by atoms with Crippen LogP contribution in [0.2, 0.25) is 0 Å². The zero-order valence-corrected chi connectivity index (χ0v) is 19.9. The molecule has 5 rings (SSSR count). The first-order chi connectivity index (χ1) is 17.1. The Kier molecular flexibility index (Phi) is 6.52. The topological polar surface area (TPSA) is 93.5 Å². The average Bonchev–Trinajstić information content (AvgIpc) is 3.59. The molecule has 35 heavy (non-hydrogen) atoms. The molecule has 0 aliphatic carbocycles. The first-order valence-electron chi connectivity index (χ1n) is 11.7. The molecule has 1 aliphatic heterocycles. The lowest BCUT2D eigenvalue weighted by Crippen LogP contribution is -2.39. The minimum Gasteiger partial charge on any atom is -0.497 e. The van der Waals surface area contributed by atoms with Gasteiger partial charge in [0, 0.05) is 25.1 Å². The van der Waals surface area contributed by atoms with E-state index in [1.165, 1.54) is 0 Å². The maximum absolute atomic E-state index is 13.2. The fraction of sp³-hybridized carbons (Fsp3) is 0.296. The molecule has 1 atom stereocenters. The number of H-pyrrole nitrogens is 1. The number of oxazole rings is 1. The van der Waals surface area contributed by atoms with Crippen LogP contribution in [0.15, 0.2) is 65.2 Å². The van der Waals surface area contributed by atoms with Crippen molar-refractivity contribution in [2.45, 2.75) is 25.2 Å². The van der Waals surface area contributed by atoms with Crippen molar-refractivity contribution in [2.75, 3.05) is 27.3 Å². The summed E-state index contributed by atoms with van der Waals surface area (Å²) in [5.74, 6) is 3.02. The van der Waals surface area contributed by atoms with Gasteiger partial charge in [0.15, 0.2) is 5.89 Å².